The molecule has 0 bridgehead atoms. The Morgan fingerprint density at radius 3 is 1.88 bits per heavy atom. The van der Waals surface area contributed by atoms with Gasteiger partial charge in [-0.05, 0) is 0 Å². The van der Waals surface area contributed by atoms with Gasteiger partial charge >= 0.3 is 0 Å². The van der Waals surface area contributed by atoms with E-state index in [1.807, 2.05) is 0 Å². The highest BCUT2D eigenvalue weighted by molar-refractivity contribution is 5.73. The maximum absolute atomic E-state index is 9.65. The van der Waals surface area contributed by atoms with Gasteiger partial charge in [-0.25, -0.2) is 0 Å². The largest absolute Gasteiger partial charge is 0.343 e. The second-order valence-electron chi connectivity index (χ2n) is 1.37. The minimum Gasteiger partial charge on any atom is -0.343 e. The van der Waals surface area contributed by atoms with E-state index in [2.05, 4.69) is 0 Å². The number of rotatable bonds is 2. The predicted octanol–water partition coefficient (Wildman–Crippen LogP) is -2.18. The molecule has 0 spiro atoms. The molecule has 0 unspecified atom stereocenters. The SMILES string of the molecule is [NH]C(=O)CC(O)(O)O. The summed E-state index contributed by atoms with van der Waals surface area (Å²) in [6, 6.07) is 0. The molecule has 8 heavy (non-hydrogen) atoms. The monoisotopic (exact) mass is 120 g/mol. The van der Waals surface area contributed by atoms with Crippen LogP contribution in [0.5, 0.6) is 0 Å². The van der Waals surface area contributed by atoms with Gasteiger partial charge in [-0.2, -0.15) is 0 Å². The second-order valence-corrected chi connectivity index (χ2v) is 1.37. The van der Waals surface area contributed by atoms with Crippen molar-refractivity contribution in [3.8, 4) is 0 Å². The van der Waals surface area contributed by atoms with Gasteiger partial charge in [0.05, 0.1) is 0 Å². The van der Waals surface area contributed by atoms with Crippen LogP contribution in [-0.2, 0) is 4.79 Å². The lowest BCUT2D eigenvalue weighted by Gasteiger charge is -2.09. The second kappa shape index (κ2) is 2.08. The van der Waals surface area contributed by atoms with Crippen molar-refractivity contribution < 1.29 is 20.1 Å². The fourth-order valence-corrected chi connectivity index (χ4v) is 0.215. The molecule has 5 nitrogen and oxygen atoms in total. The first-order valence-corrected chi connectivity index (χ1v) is 1.83. The third kappa shape index (κ3) is 5.35. The van der Waals surface area contributed by atoms with Crippen LogP contribution in [0.3, 0.4) is 0 Å². The van der Waals surface area contributed by atoms with Crippen LogP contribution in [0.2, 0.25) is 0 Å². The molecule has 0 aromatic carbocycles. The molecule has 0 atom stereocenters. The average molecular weight is 120 g/mol. The van der Waals surface area contributed by atoms with Crippen molar-refractivity contribution in [1.29, 1.82) is 0 Å². The molecular weight excluding hydrogens is 114 g/mol. The van der Waals surface area contributed by atoms with Crippen molar-refractivity contribution in [1.82, 2.24) is 5.73 Å². The Morgan fingerprint density at radius 1 is 1.50 bits per heavy atom. The minimum atomic E-state index is -3.02. The molecule has 0 saturated heterocycles. The van der Waals surface area contributed by atoms with Crippen molar-refractivity contribution in [2.45, 2.75) is 12.4 Å². The summed E-state index contributed by atoms with van der Waals surface area (Å²) >= 11 is 0. The van der Waals surface area contributed by atoms with E-state index in [4.69, 9.17) is 21.1 Å². The third-order valence-electron chi connectivity index (χ3n) is 0.398. The number of carbonyl (C=O) groups excluding carboxylic acids is 1. The Kier molecular flexibility index (Phi) is 1.91. The number of aliphatic hydroxyl groups is 3. The van der Waals surface area contributed by atoms with Crippen LogP contribution in [0.1, 0.15) is 6.42 Å². The predicted molar refractivity (Wildman–Crippen MR) is 22.1 cm³/mol. The molecular formula is C3H6NO4. The topological polar surface area (TPSA) is 102 Å². The molecule has 0 heterocycles. The zero-order valence-electron chi connectivity index (χ0n) is 3.96. The van der Waals surface area contributed by atoms with Gasteiger partial charge in [-0.15, -0.1) is 0 Å². The fourth-order valence-electron chi connectivity index (χ4n) is 0.215. The molecule has 0 aliphatic heterocycles. The summed E-state index contributed by atoms with van der Waals surface area (Å²) < 4.78 is 0. The van der Waals surface area contributed by atoms with Gasteiger partial charge in [0.25, 0.3) is 5.97 Å². The van der Waals surface area contributed by atoms with E-state index in [9.17, 15) is 4.79 Å². The van der Waals surface area contributed by atoms with Gasteiger partial charge in [0.2, 0.25) is 5.91 Å². The minimum absolute atomic E-state index is 0.979. The lowest BCUT2D eigenvalue weighted by Crippen LogP contribution is -2.30. The first-order valence-electron chi connectivity index (χ1n) is 1.83. The molecule has 5 heteroatoms. The first-order chi connectivity index (χ1) is 3.42. The van der Waals surface area contributed by atoms with Gasteiger partial charge in [0.1, 0.15) is 6.42 Å². The molecule has 1 amide bonds. The quantitative estimate of drug-likeness (QED) is 0.360. The summed E-state index contributed by atoms with van der Waals surface area (Å²) in [5.41, 5.74) is 6.11. The van der Waals surface area contributed by atoms with Gasteiger partial charge in [0.15, 0.2) is 0 Å². The van der Waals surface area contributed by atoms with Crippen LogP contribution in [0.15, 0.2) is 0 Å². The van der Waals surface area contributed by atoms with Crippen LogP contribution in [0.25, 0.3) is 0 Å². The molecule has 47 valence electrons. The molecule has 0 aliphatic rings. The van der Waals surface area contributed by atoms with Gasteiger partial charge < -0.3 is 15.3 Å². The standard InChI is InChI=1S/C3H6NO4/c4-2(5)1-3(6,7)8/h4,6-8H,1H2. The number of hydrogen-bond donors (Lipinski definition) is 3. The molecule has 0 rings (SSSR count). The molecule has 4 N–H and O–H groups in total. The highest BCUT2D eigenvalue weighted by atomic mass is 16.7. The Morgan fingerprint density at radius 2 is 1.88 bits per heavy atom. The number of nitrogens with one attached hydrogen (secondary N) is 1. The summed E-state index contributed by atoms with van der Waals surface area (Å²) in [7, 11) is 0. The van der Waals surface area contributed by atoms with Crippen molar-refractivity contribution in [2.75, 3.05) is 0 Å². The molecule has 1 radical (unpaired) electrons. The maximum Gasteiger partial charge on any atom is 0.284 e. The summed E-state index contributed by atoms with van der Waals surface area (Å²) in [4.78, 5) is 9.65. The molecule has 0 fully saturated rings. The Labute approximate surface area is 45.4 Å². The van der Waals surface area contributed by atoms with E-state index in [-0.39, 0.29) is 0 Å². The number of carbonyl (C=O) groups is 1. The first kappa shape index (κ1) is 7.35. The van der Waals surface area contributed by atoms with E-state index in [1.165, 1.54) is 0 Å². The van der Waals surface area contributed by atoms with E-state index < -0.39 is 18.3 Å². The number of hydrogen-bond acceptors (Lipinski definition) is 4. The Bertz CT molecular complexity index is 93.9. The summed E-state index contributed by atoms with van der Waals surface area (Å²) in [6.07, 6.45) is -0.979. The van der Waals surface area contributed by atoms with E-state index >= 15 is 0 Å². The van der Waals surface area contributed by atoms with E-state index in [0.29, 0.717) is 0 Å². The van der Waals surface area contributed by atoms with E-state index in [1.54, 1.807) is 0 Å². The zero-order valence-corrected chi connectivity index (χ0v) is 3.96. The van der Waals surface area contributed by atoms with Gasteiger partial charge in [0, 0.05) is 0 Å². The van der Waals surface area contributed by atoms with Gasteiger partial charge in [-0.1, -0.05) is 0 Å². The van der Waals surface area contributed by atoms with Crippen LogP contribution in [-0.4, -0.2) is 27.2 Å². The summed E-state index contributed by atoms with van der Waals surface area (Å²) in [6.45, 7) is 0. The van der Waals surface area contributed by atoms with Crippen LogP contribution < -0.4 is 5.73 Å². The Balaban J connectivity index is 3.55. The molecule has 0 aromatic heterocycles. The number of amides is 1. The van der Waals surface area contributed by atoms with Crippen molar-refractivity contribution in [3.05, 3.63) is 0 Å². The zero-order chi connectivity index (χ0) is 6.78. The smallest absolute Gasteiger partial charge is 0.284 e. The van der Waals surface area contributed by atoms with Crippen LogP contribution in [0, 0.1) is 0 Å². The maximum atomic E-state index is 9.65. The lowest BCUT2D eigenvalue weighted by molar-refractivity contribution is -0.309. The van der Waals surface area contributed by atoms with Crippen molar-refractivity contribution in [2.24, 2.45) is 0 Å². The fraction of sp³-hybridized carbons (Fsp3) is 0.667. The Hall–Kier alpha value is -0.650. The molecule has 0 aromatic rings. The third-order valence-corrected chi connectivity index (χ3v) is 0.398. The summed E-state index contributed by atoms with van der Waals surface area (Å²) in [5.74, 6) is -4.24. The van der Waals surface area contributed by atoms with Crippen LogP contribution in [0.4, 0.5) is 0 Å². The lowest BCUT2D eigenvalue weighted by atomic mass is 10.4. The van der Waals surface area contributed by atoms with Crippen LogP contribution >= 0.6 is 0 Å². The highest BCUT2D eigenvalue weighted by Crippen LogP contribution is 1.97. The summed E-state index contributed by atoms with van der Waals surface area (Å²) in [5, 5.41) is 23.9. The van der Waals surface area contributed by atoms with E-state index in [0.717, 1.165) is 0 Å². The molecule has 0 saturated carbocycles. The average Bonchev–Trinajstić information content (AvgIpc) is 1.21. The molecule has 0 aliphatic carbocycles. The normalized spacial score (nSPS) is 11.4. The van der Waals surface area contributed by atoms with Crippen molar-refractivity contribution >= 4 is 5.91 Å². The van der Waals surface area contributed by atoms with Crippen molar-refractivity contribution in [3.63, 3.8) is 0 Å². The highest BCUT2D eigenvalue weighted by Gasteiger charge is 2.21. The van der Waals surface area contributed by atoms with Gasteiger partial charge in [-0.3, -0.25) is 10.5 Å².